The normalized spacial score (nSPS) is 20.1. The van der Waals surface area contributed by atoms with E-state index >= 15 is 0 Å². The van der Waals surface area contributed by atoms with E-state index < -0.39 is 59.7 Å². The molecule has 5 amide bonds. The first-order chi connectivity index (χ1) is 27.1. The van der Waals surface area contributed by atoms with Gasteiger partial charge in [-0.15, -0.1) is 11.3 Å². The van der Waals surface area contributed by atoms with Gasteiger partial charge in [-0.2, -0.15) is 11.3 Å². The van der Waals surface area contributed by atoms with E-state index in [0.29, 0.717) is 11.3 Å². The van der Waals surface area contributed by atoms with Crippen LogP contribution >= 0.6 is 22.7 Å². The summed E-state index contributed by atoms with van der Waals surface area (Å²) < 4.78 is 0. The summed E-state index contributed by atoms with van der Waals surface area (Å²) >= 11 is 2.82. The molecule has 0 aliphatic carbocycles. The molecule has 0 saturated carbocycles. The monoisotopic (exact) mass is 791 g/mol. The smallest absolute Gasteiger partial charge is 0.326 e. The summed E-state index contributed by atoms with van der Waals surface area (Å²) in [5.41, 5.74) is 4.45. The summed E-state index contributed by atoms with van der Waals surface area (Å²) in [5.74, 6) is -4.25. The molecule has 4 atom stereocenters. The highest BCUT2D eigenvalue weighted by Gasteiger charge is 2.32. The zero-order valence-electron chi connectivity index (χ0n) is 30.2. The quantitative estimate of drug-likeness (QED) is 0.125. The van der Waals surface area contributed by atoms with Gasteiger partial charge in [0.2, 0.25) is 29.5 Å². The minimum Gasteiger partial charge on any atom is -0.480 e. The summed E-state index contributed by atoms with van der Waals surface area (Å²) in [6, 6.07) is 24.4. The highest BCUT2D eigenvalue weighted by Crippen LogP contribution is 2.21. The first-order valence-corrected chi connectivity index (χ1v) is 19.9. The van der Waals surface area contributed by atoms with Crippen LogP contribution in [0.1, 0.15) is 34.4 Å². The highest BCUT2D eigenvalue weighted by molar-refractivity contribution is 7.09. The van der Waals surface area contributed by atoms with Crippen molar-refractivity contribution in [3.8, 4) is 11.1 Å². The number of benzene rings is 3. The molecule has 2 aromatic heterocycles. The van der Waals surface area contributed by atoms with Crippen LogP contribution < -0.4 is 26.6 Å². The Morgan fingerprint density at radius 2 is 1.23 bits per heavy atom. The summed E-state index contributed by atoms with van der Waals surface area (Å²) in [4.78, 5) is 81.5. The number of anilines is 1. The first kappa shape index (κ1) is 39.6. The van der Waals surface area contributed by atoms with E-state index in [1.54, 1.807) is 24.3 Å². The van der Waals surface area contributed by atoms with Gasteiger partial charge in [-0.3, -0.25) is 24.0 Å². The Morgan fingerprint density at radius 1 is 0.607 bits per heavy atom. The average Bonchev–Trinajstić information content (AvgIpc) is 3.92. The number of thiophene rings is 2. The van der Waals surface area contributed by atoms with Gasteiger partial charge >= 0.3 is 5.97 Å². The number of carbonyl (C=O) groups is 6. The Balaban J connectivity index is 1.33. The first-order valence-electron chi connectivity index (χ1n) is 18.1. The van der Waals surface area contributed by atoms with Gasteiger partial charge in [-0.05, 0) is 68.2 Å². The number of hydrogen-bond acceptors (Lipinski definition) is 8. The lowest BCUT2D eigenvalue weighted by molar-refractivity contribution is -0.142. The molecule has 4 heterocycles. The maximum Gasteiger partial charge on any atom is 0.326 e. The van der Waals surface area contributed by atoms with Crippen LogP contribution in [0.5, 0.6) is 0 Å². The Bertz CT molecular complexity index is 2120. The van der Waals surface area contributed by atoms with Crippen molar-refractivity contribution >= 4 is 63.9 Å². The van der Waals surface area contributed by atoms with Crippen LogP contribution in [-0.4, -0.2) is 64.8 Å². The molecule has 288 valence electrons. The fourth-order valence-corrected chi connectivity index (χ4v) is 7.73. The number of fused-ring (bicyclic) bond motifs is 18. The lowest BCUT2D eigenvalue weighted by Gasteiger charge is -2.26. The van der Waals surface area contributed by atoms with Gasteiger partial charge in [0.1, 0.15) is 24.2 Å². The number of amides is 5. The van der Waals surface area contributed by atoms with Gasteiger partial charge in [-0.1, -0.05) is 72.8 Å². The second-order valence-electron chi connectivity index (χ2n) is 13.5. The molecule has 0 saturated heterocycles. The van der Waals surface area contributed by atoms with E-state index in [-0.39, 0.29) is 38.5 Å². The molecule has 0 unspecified atom stereocenters. The summed E-state index contributed by atoms with van der Waals surface area (Å²) in [5, 5.41) is 29.4. The number of carboxylic acids is 1. The van der Waals surface area contributed by atoms with Gasteiger partial charge < -0.3 is 31.7 Å². The maximum absolute atomic E-state index is 14.3. The Morgan fingerprint density at radius 3 is 1.86 bits per heavy atom. The summed E-state index contributed by atoms with van der Waals surface area (Å²) in [6.07, 6.45) is -0.207. The number of nitrogens with one attached hydrogen (secondary N) is 5. The lowest BCUT2D eigenvalue weighted by atomic mass is 9.99. The molecular weight excluding hydrogens is 751 g/mol. The van der Waals surface area contributed by atoms with Crippen LogP contribution in [0, 0.1) is 0 Å². The Kier molecular flexibility index (Phi) is 13.4. The zero-order chi connectivity index (χ0) is 39.4. The van der Waals surface area contributed by atoms with E-state index in [0.717, 1.165) is 27.1 Å². The van der Waals surface area contributed by atoms with Gasteiger partial charge in [0.15, 0.2) is 0 Å². The summed E-state index contributed by atoms with van der Waals surface area (Å²) in [7, 11) is 0. The zero-order valence-corrected chi connectivity index (χ0v) is 31.9. The predicted octanol–water partition coefficient (Wildman–Crippen LogP) is 4.50. The van der Waals surface area contributed by atoms with E-state index in [2.05, 4.69) is 26.6 Å². The molecule has 7 rings (SSSR count). The largest absolute Gasteiger partial charge is 0.480 e. The highest BCUT2D eigenvalue weighted by atomic mass is 32.1. The number of rotatable bonds is 8. The molecule has 6 N–H and O–H groups in total. The fraction of sp³-hybridized carbons (Fsp3) is 0.238. The molecule has 12 nitrogen and oxygen atoms in total. The molecule has 2 bridgehead atoms. The van der Waals surface area contributed by atoms with Crippen molar-refractivity contribution < 1.29 is 33.9 Å². The molecule has 2 aliphatic rings. The molecular formula is C42H41N5O7S2. The van der Waals surface area contributed by atoms with Gasteiger partial charge in [0.05, 0.1) is 0 Å². The topological polar surface area (TPSA) is 183 Å². The fourth-order valence-electron chi connectivity index (χ4n) is 6.30. The molecule has 2 aliphatic heterocycles. The van der Waals surface area contributed by atoms with Crippen LogP contribution in [0.25, 0.3) is 11.1 Å². The van der Waals surface area contributed by atoms with Gasteiger partial charge in [0, 0.05) is 49.1 Å². The lowest BCUT2D eigenvalue weighted by Crippen LogP contribution is -2.59. The standard InChI is InChI=1S/C42H41N5O7S2/c48-37-16-17-38(49)44-35(24-32-7-4-19-56-32)41(52)45-33(21-26-8-12-30(13-9-26)29-5-2-1-3-6-29)39(50)46-34(23-28-18-20-55-25-28)40(51)47-36(42(53)54)22-27-10-14-31(43-37)15-11-27/h1-15,18-20,25,33-36H,16-17,21-24H2,(H,43,48)(H,44,49)(H,45,52)(H,46,50)(H,47,51)(H,53,54)/t33-,34+,35+,36+/m0/s1. The van der Waals surface area contributed by atoms with Gasteiger partial charge in [-0.25, -0.2) is 4.79 Å². The molecule has 14 heteroatoms. The molecule has 56 heavy (non-hydrogen) atoms. The van der Waals surface area contributed by atoms with Crippen molar-refractivity contribution in [1.82, 2.24) is 21.3 Å². The average molecular weight is 792 g/mol. The SMILES string of the molecule is O=C1CCC(=O)N[C@H](Cc2cccs2)C(=O)N[C@@H](Cc2ccc(-c3ccccc3)cc2)C(=O)N[C@H](Cc2ccsc2)C(=O)N[C@@H](C(=O)O)Cc2ccc(cc2)N1. The molecule has 5 aromatic rings. The van der Waals surface area contributed by atoms with Crippen molar-refractivity contribution in [1.29, 1.82) is 0 Å². The minimum atomic E-state index is -1.34. The van der Waals surface area contributed by atoms with Crippen molar-refractivity contribution in [2.24, 2.45) is 0 Å². The number of carboxylic acid groups (broad SMARTS) is 1. The minimum absolute atomic E-state index is 0.0346. The number of carbonyl (C=O) groups excluding carboxylic acids is 5. The second-order valence-corrected chi connectivity index (χ2v) is 15.3. The summed E-state index contributed by atoms with van der Waals surface area (Å²) in [6.45, 7) is 0. The molecule has 3 aromatic carbocycles. The van der Waals surface area contributed by atoms with Gasteiger partial charge in [0.25, 0.3) is 0 Å². The maximum atomic E-state index is 14.3. The Hall–Kier alpha value is -6.12. The Labute approximate surface area is 331 Å². The van der Waals surface area contributed by atoms with Crippen LogP contribution in [0.15, 0.2) is 113 Å². The number of hydrogen-bond donors (Lipinski definition) is 6. The van der Waals surface area contributed by atoms with Crippen LogP contribution in [0.4, 0.5) is 5.69 Å². The van der Waals surface area contributed by atoms with E-state index in [1.807, 2.05) is 88.9 Å². The molecule has 0 fully saturated rings. The van der Waals surface area contributed by atoms with Crippen molar-refractivity contribution in [3.05, 3.63) is 135 Å². The third-order valence-electron chi connectivity index (χ3n) is 9.30. The molecule has 0 spiro atoms. The van der Waals surface area contributed by atoms with Crippen molar-refractivity contribution in [2.75, 3.05) is 5.32 Å². The van der Waals surface area contributed by atoms with E-state index in [9.17, 15) is 33.9 Å². The second kappa shape index (κ2) is 19.0. The van der Waals surface area contributed by atoms with Crippen LogP contribution in [0.2, 0.25) is 0 Å². The third-order valence-corrected chi connectivity index (χ3v) is 10.9. The van der Waals surface area contributed by atoms with E-state index in [4.69, 9.17) is 0 Å². The van der Waals surface area contributed by atoms with Crippen molar-refractivity contribution in [2.45, 2.75) is 62.7 Å². The third kappa shape index (κ3) is 11.2. The predicted molar refractivity (Wildman–Crippen MR) is 215 cm³/mol. The van der Waals surface area contributed by atoms with Crippen molar-refractivity contribution in [3.63, 3.8) is 0 Å². The van der Waals surface area contributed by atoms with Crippen LogP contribution in [-0.2, 0) is 54.5 Å². The van der Waals surface area contributed by atoms with E-state index in [1.165, 1.54) is 22.7 Å². The van der Waals surface area contributed by atoms with Crippen LogP contribution in [0.3, 0.4) is 0 Å². The molecule has 0 radical (unpaired) electrons. The number of aliphatic carboxylic acids is 1.